The Balaban J connectivity index is 1.40. The number of ether oxygens (including phenoxy) is 1. The molecule has 3 heterocycles. The zero-order valence-electron chi connectivity index (χ0n) is 15.4. The van der Waals surface area contributed by atoms with Crippen LogP contribution in [-0.4, -0.2) is 45.4 Å². The minimum Gasteiger partial charge on any atom is -0.370 e. The van der Waals surface area contributed by atoms with Gasteiger partial charge in [-0.25, -0.2) is 13.2 Å². The fraction of sp³-hybridized carbons (Fsp3) is 0.421. The molecule has 3 atom stereocenters. The van der Waals surface area contributed by atoms with Crippen molar-refractivity contribution in [2.45, 2.75) is 44.2 Å². The molecule has 2 aliphatic heterocycles. The second-order valence-corrected chi connectivity index (χ2v) is 7.38. The van der Waals surface area contributed by atoms with E-state index in [1.54, 1.807) is 6.20 Å². The molecule has 7 nitrogen and oxygen atoms in total. The number of hydrogen-bond acceptors (Lipinski definition) is 6. The van der Waals surface area contributed by atoms with E-state index in [0.29, 0.717) is 25.6 Å². The van der Waals surface area contributed by atoms with E-state index in [9.17, 15) is 22.8 Å². The highest BCUT2D eigenvalue weighted by Gasteiger charge is 2.37. The van der Waals surface area contributed by atoms with E-state index in [1.165, 1.54) is 4.68 Å². The molecule has 0 bridgehead atoms. The third-order valence-electron chi connectivity index (χ3n) is 5.36. The molecule has 4 rings (SSSR count). The summed E-state index contributed by atoms with van der Waals surface area (Å²) in [5.41, 5.74) is 7.85. The van der Waals surface area contributed by atoms with Gasteiger partial charge in [0, 0.05) is 48.6 Å². The average Bonchev–Trinajstić information content (AvgIpc) is 3.23. The van der Waals surface area contributed by atoms with E-state index in [4.69, 9.17) is 10.5 Å². The summed E-state index contributed by atoms with van der Waals surface area (Å²) in [7, 11) is 0. The topological polar surface area (TPSA) is 90.5 Å². The van der Waals surface area contributed by atoms with Gasteiger partial charge >= 0.3 is 0 Å². The van der Waals surface area contributed by atoms with E-state index in [2.05, 4.69) is 10.00 Å². The van der Waals surface area contributed by atoms with Crippen LogP contribution in [0, 0.1) is 17.5 Å². The first-order chi connectivity index (χ1) is 13.9. The van der Waals surface area contributed by atoms with Gasteiger partial charge in [0.25, 0.3) is 0 Å². The van der Waals surface area contributed by atoms with Crippen molar-refractivity contribution in [3.63, 3.8) is 0 Å². The maximum absolute atomic E-state index is 14.1. The maximum atomic E-state index is 14.1. The first-order valence-electron chi connectivity index (χ1n) is 9.14. The number of rotatable bonds is 5. The number of hydrogen-bond donors (Lipinski definition) is 1. The Bertz CT molecular complexity index is 941. The second-order valence-electron chi connectivity index (χ2n) is 7.38. The van der Waals surface area contributed by atoms with Crippen molar-refractivity contribution < 1.29 is 27.5 Å². The summed E-state index contributed by atoms with van der Waals surface area (Å²) in [5.74, 6) is -3.84. The van der Waals surface area contributed by atoms with E-state index in [0.717, 1.165) is 17.3 Å². The molecule has 154 valence electrons. The normalized spacial score (nSPS) is 24.5. The van der Waals surface area contributed by atoms with Gasteiger partial charge in [-0.05, 0) is 12.5 Å². The summed E-state index contributed by atoms with van der Waals surface area (Å²) >= 11 is 0. The van der Waals surface area contributed by atoms with Gasteiger partial charge in [0.05, 0.1) is 12.3 Å². The van der Waals surface area contributed by atoms with Crippen LogP contribution in [0.1, 0.15) is 29.3 Å². The fourth-order valence-electron chi connectivity index (χ4n) is 3.95. The van der Waals surface area contributed by atoms with E-state index in [1.807, 2.05) is 0 Å². The van der Waals surface area contributed by atoms with Crippen LogP contribution in [0.15, 0.2) is 18.3 Å². The monoisotopic (exact) mass is 408 g/mol. The first-order valence-corrected chi connectivity index (χ1v) is 9.14. The highest BCUT2D eigenvalue weighted by atomic mass is 19.2. The lowest BCUT2D eigenvalue weighted by Gasteiger charge is -2.38. The van der Waals surface area contributed by atoms with Gasteiger partial charge in [-0.1, -0.05) is 0 Å². The number of halogens is 3. The molecular formula is C19H19F3N4O3. The minimum atomic E-state index is -1.25. The molecule has 29 heavy (non-hydrogen) atoms. The number of Topliss-reactive ketones (excluding diaryl/α,β-unsaturated/α-hetero) is 1. The molecule has 1 fully saturated rings. The van der Waals surface area contributed by atoms with E-state index >= 15 is 0 Å². The lowest BCUT2D eigenvalue weighted by molar-refractivity contribution is -0.130. The molecule has 0 radical (unpaired) electrons. The Hall–Kier alpha value is -2.56. The third kappa shape index (κ3) is 3.83. The smallest absolute Gasteiger partial charge is 0.216 e. The standard InChI is InChI=1S/C19H19F3N4O3/c20-14-3-16(22)15(21)2-13(14)19-17(23)1-11(9-29-19)25-4-10-5-26(6-12(28)8-27)24-18(10)7-25/h2-3,5,8,11,17,19H,1,4,6-7,9,23H2/t11-,17+,19-/m1/s1. The van der Waals surface area contributed by atoms with Gasteiger partial charge in [0.2, 0.25) is 5.78 Å². The lowest BCUT2D eigenvalue weighted by Crippen LogP contribution is -2.47. The van der Waals surface area contributed by atoms with Crippen LogP contribution in [0.5, 0.6) is 0 Å². The van der Waals surface area contributed by atoms with Crippen molar-refractivity contribution in [1.82, 2.24) is 14.7 Å². The summed E-state index contributed by atoms with van der Waals surface area (Å²) in [4.78, 5) is 23.8. The maximum Gasteiger partial charge on any atom is 0.216 e. The third-order valence-corrected chi connectivity index (χ3v) is 5.36. The molecule has 0 unspecified atom stereocenters. The number of aromatic nitrogens is 2. The van der Waals surface area contributed by atoms with Crippen LogP contribution in [0.2, 0.25) is 0 Å². The Labute approximate surface area is 164 Å². The van der Waals surface area contributed by atoms with Gasteiger partial charge < -0.3 is 10.5 Å². The average molecular weight is 408 g/mol. The van der Waals surface area contributed by atoms with Crippen LogP contribution >= 0.6 is 0 Å². The summed E-state index contributed by atoms with van der Waals surface area (Å²) in [5, 5.41) is 4.33. The number of fused-ring (bicyclic) bond motifs is 1. The molecule has 1 aromatic heterocycles. The number of carbonyl (C=O) groups excluding carboxylic acids is 2. The predicted molar refractivity (Wildman–Crippen MR) is 93.9 cm³/mol. The lowest BCUT2D eigenvalue weighted by atomic mass is 9.93. The largest absolute Gasteiger partial charge is 0.370 e. The molecule has 0 spiro atoms. The van der Waals surface area contributed by atoms with Crippen molar-refractivity contribution in [3.05, 3.63) is 52.6 Å². The zero-order valence-corrected chi connectivity index (χ0v) is 15.4. The summed E-state index contributed by atoms with van der Waals surface area (Å²) in [6, 6.07) is 0.658. The Morgan fingerprint density at radius 3 is 2.69 bits per heavy atom. The van der Waals surface area contributed by atoms with Gasteiger partial charge in [-0.3, -0.25) is 19.2 Å². The molecule has 0 amide bonds. The predicted octanol–water partition coefficient (Wildman–Crippen LogP) is 1.24. The quantitative estimate of drug-likeness (QED) is 0.455. The van der Waals surface area contributed by atoms with E-state index < -0.39 is 35.4 Å². The second kappa shape index (κ2) is 7.69. The Morgan fingerprint density at radius 2 is 2.00 bits per heavy atom. The van der Waals surface area contributed by atoms with Crippen LogP contribution < -0.4 is 5.73 Å². The van der Waals surface area contributed by atoms with Gasteiger partial charge in [-0.15, -0.1) is 0 Å². The number of nitrogens with zero attached hydrogens (tertiary/aromatic N) is 3. The molecule has 1 aromatic carbocycles. The number of ketones is 1. The first kappa shape index (κ1) is 19.7. The number of aldehydes is 1. The van der Waals surface area contributed by atoms with Crippen LogP contribution in [-0.2, 0) is 34.0 Å². The van der Waals surface area contributed by atoms with Gasteiger partial charge in [0.15, 0.2) is 17.9 Å². The van der Waals surface area contributed by atoms with Gasteiger partial charge in [0.1, 0.15) is 18.5 Å². The van der Waals surface area contributed by atoms with Crippen molar-refractivity contribution in [2.24, 2.45) is 5.73 Å². The molecular weight excluding hydrogens is 389 g/mol. The fourth-order valence-corrected chi connectivity index (χ4v) is 3.95. The van der Waals surface area contributed by atoms with Crippen molar-refractivity contribution in [3.8, 4) is 0 Å². The molecule has 2 aliphatic rings. The Morgan fingerprint density at radius 1 is 1.24 bits per heavy atom. The highest BCUT2D eigenvalue weighted by Crippen LogP contribution is 2.34. The minimum absolute atomic E-state index is 0.0473. The molecule has 10 heteroatoms. The molecule has 0 aliphatic carbocycles. The Kier molecular flexibility index (Phi) is 5.24. The van der Waals surface area contributed by atoms with Crippen molar-refractivity contribution >= 4 is 12.1 Å². The van der Waals surface area contributed by atoms with Crippen molar-refractivity contribution in [1.29, 1.82) is 0 Å². The molecule has 0 saturated carbocycles. The number of nitrogens with two attached hydrogens (primary N) is 1. The summed E-state index contributed by atoms with van der Waals surface area (Å²) in [6.07, 6.45) is 1.63. The van der Waals surface area contributed by atoms with Crippen molar-refractivity contribution in [2.75, 3.05) is 6.61 Å². The molecule has 1 saturated heterocycles. The number of benzene rings is 1. The molecule has 2 aromatic rings. The SMILES string of the molecule is N[C@H]1C[C@@H](N2Cc3cn(CC(=O)C=O)nc3C2)CO[C@@H]1c1cc(F)c(F)cc1F. The molecule has 2 N–H and O–H groups in total. The summed E-state index contributed by atoms with van der Waals surface area (Å²) < 4.78 is 47.9. The summed E-state index contributed by atoms with van der Waals surface area (Å²) in [6.45, 7) is 1.28. The zero-order chi connectivity index (χ0) is 20.7. The van der Waals surface area contributed by atoms with Crippen LogP contribution in [0.25, 0.3) is 0 Å². The van der Waals surface area contributed by atoms with Crippen LogP contribution in [0.3, 0.4) is 0 Å². The van der Waals surface area contributed by atoms with E-state index in [-0.39, 0.29) is 31.0 Å². The highest BCUT2D eigenvalue weighted by molar-refractivity contribution is 6.24. The van der Waals surface area contributed by atoms with Gasteiger partial charge in [-0.2, -0.15) is 5.10 Å². The number of carbonyl (C=O) groups is 2. The van der Waals surface area contributed by atoms with Crippen LogP contribution in [0.4, 0.5) is 13.2 Å².